The molecular weight excluding hydrogens is 300 g/mol. The number of carbonyl (C=O) groups is 2. The Hall–Kier alpha value is -1.77. The summed E-state index contributed by atoms with van der Waals surface area (Å²) in [5.74, 6) is -1.67. The van der Waals surface area contributed by atoms with Crippen LogP contribution in [0.1, 0.15) is 16.9 Å². The van der Waals surface area contributed by atoms with E-state index in [-0.39, 0.29) is 18.9 Å². The number of amides is 1. The molecule has 2 aromatic heterocycles. The third-order valence-corrected chi connectivity index (χ3v) is 4.34. The maximum absolute atomic E-state index is 11.8. The second-order valence-electron chi connectivity index (χ2n) is 3.91. The first-order valence-corrected chi connectivity index (χ1v) is 7.52. The number of hydrogen-bond acceptors (Lipinski definition) is 6. The number of thiazole rings is 1. The third-order valence-electron chi connectivity index (χ3n) is 2.46. The van der Waals surface area contributed by atoms with Crippen molar-refractivity contribution in [1.82, 2.24) is 10.3 Å². The summed E-state index contributed by atoms with van der Waals surface area (Å²) >= 11 is 2.92. The molecule has 106 valence electrons. The maximum atomic E-state index is 11.8. The van der Waals surface area contributed by atoms with Gasteiger partial charge in [0, 0.05) is 18.3 Å². The number of carboxylic acids is 1. The first-order valence-electron chi connectivity index (χ1n) is 5.76. The van der Waals surface area contributed by atoms with E-state index in [0.717, 1.165) is 9.88 Å². The van der Waals surface area contributed by atoms with Crippen LogP contribution < -0.4 is 5.32 Å². The van der Waals surface area contributed by atoms with Crippen molar-refractivity contribution < 1.29 is 19.8 Å². The Labute approximate surface area is 122 Å². The summed E-state index contributed by atoms with van der Waals surface area (Å²) in [4.78, 5) is 27.4. The molecule has 0 aliphatic heterocycles. The SMILES string of the molecule is O=C(NCC[C@H](O)C(=O)O)c1csc(-c2cccs2)n1. The van der Waals surface area contributed by atoms with Crippen molar-refractivity contribution in [2.24, 2.45) is 0 Å². The number of carboxylic acid groups (broad SMARTS) is 1. The molecule has 3 N–H and O–H groups in total. The van der Waals surface area contributed by atoms with Gasteiger partial charge in [-0.2, -0.15) is 0 Å². The van der Waals surface area contributed by atoms with Gasteiger partial charge in [-0.25, -0.2) is 9.78 Å². The predicted octanol–water partition coefficient (Wildman–Crippen LogP) is 1.44. The maximum Gasteiger partial charge on any atom is 0.332 e. The molecule has 0 aliphatic rings. The Morgan fingerprint density at radius 3 is 2.85 bits per heavy atom. The highest BCUT2D eigenvalue weighted by Crippen LogP contribution is 2.27. The van der Waals surface area contributed by atoms with Gasteiger partial charge in [-0.3, -0.25) is 4.79 Å². The average molecular weight is 312 g/mol. The zero-order valence-electron chi connectivity index (χ0n) is 10.3. The highest BCUT2D eigenvalue weighted by molar-refractivity contribution is 7.20. The Kier molecular flexibility index (Phi) is 4.83. The van der Waals surface area contributed by atoms with Gasteiger partial charge in [-0.1, -0.05) is 6.07 Å². The third kappa shape index (κ3) is 3.62. The molecule has 0 radical (unpaired) electrons. The lowest BCUT2D eigenvalue weighted by atomic mass is 10.2. The van der Waals surface area contributed by atoms with Gasteiger partial charge in [-0.05, 0) is 11.4 Å². The topological polar surface area (TPSA) is 99.5 Å². The minimum absolute atomic E-state index is 0.0387. The summed E-state index contributed by atoms with van der Waals surface area (Å²) in [6.45, 7) is 0.0815. The predicted molar refractivity (Wildman–Crippen MR) is 76.0 cm³/mol. The summed E-state index contributed by atoms with van der Waals surface area (Å²) in [6, 6.07) is 3.84. The number of carbonyl (C=O) groups excluding carboxylic acids is 1. The largest absolute Gasteiger partial charge is 0.479 e. The minimum Gasteiger partial charge on any atom is -0.479 e. The molecule has 2 rings (SSSR count). The molecule has 8 heteroatoms. The smallest absolute Gasteiger partial charge is 0.332 e. The minimum atomic E-state index is -1.47. The van der Waals surface area contributed by atoms with Crippen LogP contribution in [0.2, 0.25) is 0 Å². The van der Waals surface area contributed by atoms with Gasteiger partial charge >= 0.3 is 5.97 Å². The highest BCUT2D eigenvalue weighted by Gasteiger charge is 2.15. The molecule has 2 heterocycles. The Bertz CT molecular complexity index is 594. The van der Waals surface area contributed by atoms with Crippen LogP contribution in [0.15, 0.2) is 22.9 Å². The molecule has 0 saturated heterocycles. The lowest BCUT2D eigenvalue weighted by Crippen LogP contribution is -2.30. The van der Waals surface area contributed by atoms with Gasteiger partial charge in [0.05, 0.1) is 4.88 Å². The molecule has 0 bridgehead atoms. The van der Waals surface area contributed by atoms with Gasteiger partial charge in [0.15, 0.2) is 6.10 Å². The molecule has 20 heavy (non-hydrogen) atoms. The fraction of sp³-hybridized carbons (Fsp3) is 0.250. The van der Waals surface area contributed by atoms with Crippen molar-refractivity contribution in [2.75, 3.05) is 6.54 Å². The van der Waals surface area contributed by atoms with Crippen LogP contribution in [-0.2, 0) is 4.79 Å². The second-order valence-corrected chi connectivity index (χ2v) is 5.72. The molecule has 0 fully saturated rings. The van der Waals surface area contributed by atoms with E-state index in [0.29, 0.717) is 5.69 Å². The summed E-state index contributed by atoms with van der Waals surface area (Å²) in [5, 5.41) is 24.5. The Morgan fingerprint density at radius 1 is 1.40 bits per heavy atom. The lowest BCUT2D eigenvalue weighted by molar-refractivity contribution is -0.146. The van der Waals surface area contributed by atoms with Crippen LogP contribution in [0, 0.1) is 0 Å². The fourth-order valence-electron chi connectivity index (χ4n) is 1.43. The zero-order chi connectivity index (χ0) is 14.5. The summed E-state index contributed by atoms with van der Waals surface area (Å²) in [6.07, 6.45) is -1.50. The molecule has 1 atom stereocenters. The summed E-state index contributed by atoms with van der Waals surface area (Å²) < 4.78 is 0. The fourth-order valence-corrected chi connectivity index (χ4v) is 3.04. The van der Waals surface area contributed by atoms with Crippen LogP contribution in [0.3, 0.4) is 0 Å². The van der Waals surface area contributed by atoms with E-state index >= 15 is 0 Å². The lowest BCUT2D eigenvalue weighted by Gasteiger charge is -2.05. The molecule has 0 aromatic carbocycles. The van der Waals surface area contributed by atoms with Crippen molar-refractivity contribution in [3.05, 3.63) is 28.6 Å². The molecular formula is C12H12N2O4S2. The van der Waals surface area contributed by atoms with Crippen LogP contribution in [0.25, 0.3) is 9.88 Å². The number of hydrogen-bond donors (Lipinski definition) is 3. The van der Waals surface area contributed by atoms with Gasteiger partial charge < -0.3 is 15.5 Å². The van der Waals surface area contributed by atoms with Crippen LogP contribution in [0.4, 0.5) is 0 Å². The van der Waals surface area contributed by atoms with E-state index < -0.39 is 12.1 Å². The molecule has 1 amide bonds. The quantitative estimate of drug-likeness (QED) is 0.749. The number of aliphatic hydroxyl groups excluding tert-OH is 1. The molecule has 6 nitrogen and oxygen atoms in total. The monoisotopic (exact) mass is 312 g/mol. The Morgan fingerprint density at radius 2 is 2.20 bits per heavy atom. The first kappa shape index (κ1) is 14.6. The number of aliphatic hydroxyl groups is 1. The summed E-state index contributed by atoms with van der Waals surface area (Å²) in [5.41, 5.74) is 0.295. The standard InChI is InChI=1S/C12H12N2O4S2/c15-8(12(17)18)3-4-13-10(16)7-6-20-11(14-7)9-2-1-5-19-9/h1-2,5-6,8,15H,3-4H2,(H,13,16)(H,17,18)/t8-/m0/s1. The van der Waals surface area contributed by atoms with Crippen LogP contribution in [0.5, 0.6) is 0 Å². The van der Waals surface area contributed by atoms with Gasteiger partial charge in [-0.15, -0.1) is 22.7 Å². The zero-order valence-corrected chi connectivity index (χ0v) is 11.9. The van der Waals surface area contributed by atoms with Gasteiger partial charge in [0.25, 0.3) is 5.91 Å². The number of aromatic nitrogens is 1. The van der Waals surface area contributed by atoms with Crippen molar-refractivity contribution in [2.45, 2.75) is 12.5 Å². The number of thiophene rings is 1. The van der Waals surface area contributed by atoms with Crippen molar-refractivity contribution in [3.63, 3.8) is 0 Å². The van der Waals surface area contributed by atoms with Gasteiger partial charge in [0.1, 0.15) is 10.7 Å². The van der Waals surface area contributed by atoms with Crippen molar-refractivity contribution in [1.29, 1.82) is 0 Å². The molecule has 0 spiro atoms. The number of nitrogens with zero attached hydrogens (tertiary/aromatic N) is 1. The Balaban J connectivity index is 1.89. The molecule has 0 saturated carbocycles. The molecule has 2 aromatic rings. The van der Waals surface area contributed by atoms with Crippen molar-refractivity contribution >= 4 is 34.6 Å². The normalized spacial score (nSPS) is 12.1. The first-order chi connectivity index (χ1) is 9.58. The van der Waals surface area contributed by atoms with Gasteiger partial charge in [0.2, 0.25) is 0 Å². The van der Waals surface area contributed by atoms with E-state index in [1.165, 1.54) is 11.3 Å². The number of rotatable bonds is 6. The van der Waals surface area contributed by atoms with E-state index in [2.05, 4.69) is 10.3 Å². The summed E-state index contributed by atoms with van der Waals surface area (Å²) in [7, 11) is 0. The van der Waals surface area contributed by atoms with E-state index in [9.17, 15) is 9.59 Å². The molecule has 0 unspecified atom stereocenters. The number of nitrogens with one attached hydrogen (secondary N) is 1. The molecule has 0 aliphatic carbocycles. The van der Waals surface area contributed by atoms with E-state index in [1.54, 1.807) is 16.7 Å². The highest BCUT2D eigenvalue weighted by atomic mass is 32.1. The van der Waals surface area contributed by atoms with E-state index in [1.807, 2.05) is 17.5 Å². The second kappa shape index (κ2) is 6.60. The van der Waals surface area contributed by atoms with Crippen molar-refractivity contribution in [3.8, 4) is 9.88 Å². The number of aliphatic carboxylic acids is 1. The average Bonchev–Trinajstić information content (AvgIpc) is 3.08. The van der Waals surface area contributed by atoms with Crippen LogP contribution in [-0.4, -0.2) is 39.7 Å². The van der Waals surface area contributed by atoms with Crippen LogP contribution >= 0.6 is 22.7 Å². The van der Waals surface area contributed by atoms with E-state index in [4.69, 9.17) is 10.2 Å².